The van der Waals surface area contributed by atoms with E-state index >= 15 is 0 Å². The Hall–Kier alpha value is -0.660. The second-order valence-electron chi connectivity index (χ2n) is 8.38. The number of likely N-dealkylation sites (tertiary alicyclic amines) is 1. The smallest absolute Gasteiger partial charge is 0.219 e. The highest BCUT2D eigenvalue weighted by Crippen LogP contribution is 2.32. The molecule has 0 spiro atoms. The molecule has 0 aromatic heterocycles. The van der Waals surface area contributed by atoms with Gasteiger partial charge in [-0.25, -0.2) is 12.7 Å². The molecule has 26 heavy (non-hydrogen) atoms. The van der Waals surface area contributed by atoms with Crippen LogP contribution >= 0.6 is 0 Å². The van der Waals surface area contributed by atoms with Crippen LogP contribution in [-0.2, 0) is 19.6 Å². The molecule has 2 atom stereocenters. The van der Waals surface area contributed by atoms with E-state index in [9.17, 15) is 13.2 Å². The largest absolute Gasteiger partial charge is 0.376 e. The lowest BCUT2D eigenvalue weighted by molar-refractivity contribution is -0.137. The standard InChI is InChI=1S/C19H36N2O4S/c1-14(2)16-8-10-17(11-9-16)25-13-19-18(20(4)26(5,23)24)7-6-12-21(19)15(3)22/h14,16-19H,6-13H2,1-5H3/t16?,17?,18-,19-/m0/s1. The molecule has 2 rings (SSSR count). The van der Waals surface area contributed by atoms with E-state index in [4.69, 9.17) is 4.74 Å². The van der Waals surface area contributed by atoms with Crippen molar-refractivity contribution in [1.82, 2.24) is 9.21 Å². The summed E-state index contributed by atoms with van der Waals surface area (Å²) < 4.78 is 31.7. The van der Waals surface area contributed by atoms with E-state index in [2.05, 4.69) is 13.8 Å². The van der Waals surface area contributed by atoms with Crippen molar-refractivity contribution in [1.29, 1.82) is 0 Å². The molecule has 0 aromatic rings. The number of carbonyl (C=O) groups excluding carboxylic acids is 1. The van der Waals surface area contributed by atoms with E-state index in [1.807, 2.05) is 0 Å². The molecule has 1 aliphatic carbocycles. The number of carbonyl (C=O) groups is 1. The highest BCUT2D eigenvalue weighted by atomic mass is 32.2. The summed E-state index contributed by atoms with van der Waals surface area (Å²) in [7, 11) is -1.69. The Balaban J connectivity index is 2.02. The fourth-order valence-electron chi connectivity index (χ4n) is 4.46. The predicted molar refractivity (Wildman–Crippen MR) is 103 cm³/mol. The molecule has 1 aliphatic heterocycles. The van der Waals surface area contributed by atoms with Gasteiger partial charge in [0.1, 0.15) is 0 Å². The molecule has 0 bridgehead atoms. The maximum atomic E-state index is 12.1. The molecule has 2 fully saturated rings. The van der Waals surface area contributed by atoms with E-state index in [1.54, 1.807) is 18.9 Å². The van der Waals surface area contributed by atoms with E-state index in [0.29, 0.717) is 13.2 Å². The molecule has 152 valence electrons. The number of hydrogen-bond acceptors (Lipinski definition) is 4. The van der Waals surface area contributed by atoms with Gasteiger partial charge in [-0.1, -0.05) is 13.8 Å². The van der Waals surface area contributed by atoms with Crippen molar-refractivity contribution in [2.45, 2.75) is 77.5 Å². The third-order valence-electron chi connectivity index (χ3n) is 6.30. The molecule has 6 nitrogen and oxygen atoms in total. The van der Waals surface area contributed by atoms with Crippen molar-refractivity contribution in [3.8, 4) is 0 Å². The molecule has 1 saturated carbocycles. The Morgan fingerprint density at radius 3 is 2.31 bits per heavy atom. The molecule has 1 heterocycles. The van der Waals surface area contributed by atoms with Crippen molar-refractivity contribution in [3.63, 3.8) is 0 Å². The summed E-state index contributed by atoms with van der Waals surface area (Å²) >= 11 is 0. The summed E-state index contributed by atoms with van der Waals surface area (Å²) in [5.74, 6) is 1.49. The summed E-state index contributed by atoms with van der Waals surface area (Å²) in [6.07, 6.45) is 7.54. The summed E-state index contributed by atoms with van der Waals surface area (Å²) in [6.45, 7) is 7.22. The van der Waals surface area contributed by atoms with Crippen LogP contribution in [0.3, 0.4) is 0 Å². The first kappa shape index (κ1) is 21.6. The Morgan fingerprint density at radius 2 is 1.81 bits per heavy atom. The number of amides is 1. The van der Waals surface area contributed by atoms with Crippen LogP contribution in [0.2, 0.25) is 0 Å². The lowest BCUT2D eigenvalue weighted by Gasteiger charge is -2.44. The van der Waals surface area contributed by atoms with Crippen LogP contribution in [0.15, 0.2) is 0 Å². The number of ether oxygens (including phenoxy) is 1. The molecule has 2 aliphatic rings. The van der Waals surface area contributed by atoms with Crippen molar-refractivity contribution in [2.24, 2.45) is 11.8 Å². The van der Waals surface area contributed by atoms with Crippen molar-refractivity contribution in [3.05, 3.63) is 0 Å². The molecule has 1 amide bonds. The number of hydrogen-bond donors (Lipinski definition) is 0. The first-order valence-electron chi connectivity index (χ1n) is 9.93. The van der Waals surface area contributed by atoms with E-state index < -0.39 is 10.0 Å². The topological polar surface area (TPSA) is 66.9 Å². The molecule has 7 heteroatoms. The Kier molecular flexibility index (Phi) is 7.51. The van der Waals surface area contributed by atoms with E-state index in [-0.39, 0.29) is 24.1 Å². The van der Waals surface area contributed by atoms with Gasteiger partial charge in [-0.05, 0) is 50.4 Å². The zero-order chi connectivity index (χ0) is 19.5. The van der Waals surface area contributed by atoms with Gasteiger partial charge in [0.05, 0.1) is 25.0 Å². The predicted octanol–water partition coefficient (Wildman–Crippen LogP) is 2.49. The summed E-state index contributed by atoms with van der Waals surface area (Å²) in [4.78, 5) is 13.9. The fraction of sp³-hybridized carbons (Fsp3) is 0.947. The van der Waals surface area contributed by atoms with Gasteiger partial charge < -0.3 is 9.64 Å². The van der Waals surface area contributed by atoms with Gasteiger partial charge in [-0.3, -0.25) is 4.79 Å². The maximum Gasteiger partial charge on any atom is 0.219 e. The number of piperidine rings is 1. The SMILES string of the molecule is CC(=O)N1CCC[C@H](N(C)S(C)(=O)=O)[C@@H]1COC1CCC(C(C)C)CC1. The number of sulfonamides is 1. The first-order chi connectivity index (χ1) is 12.1. The molecule has 0 radical (unpaired) electrons. The second-order valence-corrected chi connectivity index (χ2v) is 10.4. The molecule has 0 unspecified atom stereocenters. The van der Waals surface area contributed by atoms with Gasteiger partial charge in [0.25, 0.3) is 0 Å². The molecular weight excluding hydrogens is 352 g/mol. The minimum absolute atomic E-state index is 0.00582. The van der Waals surface area contributed by atoms with Crippen LogP contribution < -0.4 is 0 Å². The van der Waals surface area contributed by atoms with Crippen LogP contribution in [0.25, 0.3) is 0 Å². The summed E-state index contributed by atoms with van der Waals surface area (Å²) in [5, 5.41) is 0. The van der Waals surface area contributed by atoms with Gasteiger partial charge in [0.2, 0.25) is 15.9 Å². The molecular formula is C19H36N2O4S. The van der Waals surface area contributed by atoms with Gasteiger partial charge in [0.15, 0.2) is 0 Å². The van der Waals surface area contributed by atoms with Gasteiger partial charge >= 0.3 is 0 Å². The minimum Gasteiger partial charge on any atom is -0.376 e. The first-order valence-corrected chi connectivity index (χ1v) is 11.8. The van der Waals surface area contributed by atoms with Gasteiger partial charge in [-0.2, -0.15) is 0 Å². The van der Waals surface area contributed by atoms with Gasteiger partial charge in [0, 0.05) is 26.6 Å². The Labute approximate surface area is 159 Å². The lowest BCUT2D eigenvalue weighted by atomic mass is 9.80. The maximum absolute atomic E-state index is 12.1. The molecule has 1 saturated heterocycles. The lowest BCUT2D eigenvalue weighted by Crippen LogP contribution is -2.58. The fourth-order valence-corrected chi connectivity index (χ4v) is 5.19. The average Bonchev–Trinajstić information content (AvgIpc) is 2.58. The van der Waals surface area contributed by atoms with Crippen molar-refractivity contribution >= 4 is 15.9 Å². The zero-order valence-electron chi connectivity index (χ0n) is 17.0. The minimum atomic E-state index is -3.30. The second kappa shape index (κ2) is 9.02. The monoisotopic (exact) mass is 388 g/mol. The Bertz CT molecular complexity index is 570. The van der Waals surface area contributed by atoms with Gasteiger partial charge in [-0.15, -0.1) is 0 Å². The van der Waals surface area contributed by atoms with Crippen LogP contribution in [-0.4, -0.2) is 68.2 Å². The Morgan fingerprint density at radius 1 is 1.19 bits per heavy atom. The number of likely N-dealkylation sites (N-methyl/N-ethyl adjacent to an activating group) is 1. The van der Waals surface area contributed by atoms with E-state index in [1.165, 1.54) is 23.4 Å². The van der Waals surface area contributed by atoms with Crippen LogP contribution in [0.1, 0.15) is 59.3 Å². The highest BCUT2D eigenvalue weighted by molar-refractivity contribution is 7.88. The van der Waals surface area contributed by atoms with E-state index in [0.717, 1.165) is 37.5 Å². The zero-order valence-corrected chi connectivity index (χ0v) is 17.8. The summed E-state index contributed by atoms with van der Waals surface area (Å²) in [6, 6.07) is -0.418. The number of rotatable bonds is 6. The quantitative estimate of drug-likeness (QED) is 0.701. The van der Waals surface area contributed by atoms with Crippen LogP contribution in [0, 0.1) is 11.8 Å². The number of nitrogens with zero attached hydrogens (tertiary/aromatic N) is 2. The van der Waals surface area contributed by atoms with Crippen LogP contribution in [0.5, 0.6) is 0 Å². The normalized spacial score (nSPS) is 30.8. The molecule has 0 aromatic carbocycles. The third-order valence-corrected chi connectivity index (χ3v) is 7.62. The van der Waals surface area contributed by atoms with Crippen molar-refractivity contribution < 1.29 is 17.9 Å². The highest BCUT2D eigenvalue weighted by Gasteiger charge is 2.39. The summed E-state index contributed by atoms with van der Waals surface area (Å²) in [5.41, 5.74) is 0. The average molecular weight is 389 g/mol. The third kappa shape index (κ3) is 5.42. The van der Waals surface area contributed by atoms with Crippen LogP contribution in [0.4, 0.5) is 0 Å². The van der Waals surface area contributed by atoms with Crippen molar-refractivity contribution in [2.75, 3.05) is 26.5 Å². The molecule has 0 N–H and O–H groups in total.